The summed E-state index contributed by atoms with van der Waals surface area (Å²) in [7, 11) is 0. The Morgan fingerprint density at radius 2 is 1.97 bits per heavy atom. The number of ether oxygens (including phenoxy) is 1. The smallest absolute Gasteiger partial charge is 0.370 e. The number of pyridine rings is 2. The molecule has 1 saturated heterocycles. The molecule has 9 heteroatoms. The number of hydrogen-bond donors (Lipinski definition) is 0. The summed E-state index contributed by atoms with van der Waals surface area (Å²) in [6.45, 7) is 8.53. The highest BCUT2D eigenvalue weighted by Gasteiger charge is 2.31. The molecule has 4 heterocycles. The van der Waals surface area contributed by atoms with Crippen molar-refractivity contribution in [3.63, 3.8) is 0 Å². The van der Waals surface area contributed by atoms with Crippen LogP contribution in [-0.4, -0.2) is 45.8 Å². The summed E-state index contributed by atoms with van der Waals surface area (Å²) in [6, 6.07) is 7.52. The minimum absolute atomic E-state index is 0.104. The van der Waals surface area contributed by atoms with E-state index < -0.39 is 11.7 Å². The van der Waals surface area contributed by atoms with E-state index in [0.29, 0.717) is 42.4 Å². The van der Waals surface area contributed by atoms with Crippen LogP contribution in [0.25, 0.3) is 11.0 Å². The molecule has 3 aromatic heterocycles. The lowest BCUT2D eigenvalue weighted by molar-refractivity contribution is -0.0935. The Bertz CT molecular complexity index is 1150. The van der Waals surface area contributed by atoms with Crippen LogP contribution in [-0.2, 0) is 11.2 Å². The van der Waals surface area contributed by atoms with Crippen LogP contribution in [0.2, 0.25) is 0 Å². The maximum Gasteiger partial charge on any atom is 0.412 e. The van der Waals surface area contributed by atoms with E-state index in [2.05, 4.69) is 26.5 Å². The predicted octanol–water partition coefficient (Wildman–Crippen LogP) is 4.67. The minimum Gasteiger partial charge on any atom is -0.370 e. The quantitative estimate of drug-likeness (QED) is 0.534. The molecule has 1 atom stereocenters. The lowest BCUT2D eigenvalue weighted by Gasteiger charge is -2.33. The summed E-state index contributed by atoms with van der Waals surface area (Å²) in [5.74, 6) is 0.447. The molecule has 4 rings (SSSR count). The largest absolute Gasteiger partial charge is 0.412 e. The van der Waals surface area contributed by atoms with Crippen LogP contribution in [0.1, 0.15) is 35.2 Å². The van der Waals surface area contributed by atoms with Gasteiger partial charge >= 0.3 is 6.18 Å². The van der Waals surface area contributed by atoms with Crippen LogP contribution in [0.5, 0.6) is 0 Å². The Morgan fingerprint density at radius 3 is 2.72 bits per heavy atom. The van der Waals surface area contributed by atoms with Crippen LogP contribution in [0, 0.1) is 13.8 Å². The van der Waals surface area contributed by atoms with Crippen LogP contribution in [0.15, 0.2) is 42.6 Å². The van der Waals surface area contributed by atoms with Crippen molar-refractivity contribution in [3.05, 3.63) is 65.3 Å². The lowest BCUT2D eigenvalue weighted by Crippen LogP contribution is -2.39. The molecule has 0 saturated carbocycles. The minimum atomic E-state index is -4.42. The van der Waals surface area contributed by atoms with Gasteiger partial charge in [0.25, 0.3) is 0 Å². The van der Waals surface area contributed by atoms with E-state index in [4.69, 9.17) is 4.74 Å². The number of hydrogen-bond acceptors (Lipinski definition) is 6. The molecule has 0 unspecified atom stereocenters. The molecular weight excluding hydrogens is 419 g/mol. The van der Waals surface area contributed by atoms with Crippen molar-refractivity contribution in [1.29, 1.82) is 0 Å². The van der Waals surface area contributed by atoms with Gasteiger partial charge in [0.2, 0.25) is 5.95 Å². The molecule has 1 aliphatic rings. The van der Waals surface area contributed by atoms with Crippen molar-refractivity contribution in [1.82, 2.24) is 19.9 Å². The number of aromatic nitrogens is 4. The SMILES string of the molecule is C=C(CCc1nc(N2CCO[C@@H](c3ccnc(C)c3)C2)nc2nc(C)ccc12)C(F)(F)F. The first kappa shape index (κ1) is 22.1. The fourth-order valence-corrected chi connectivity index (χ4v) is 3.70. The van der Waals surface area contributed by atoms with E-state index in [1.54, 1.807) is 6.20 Å². The van der Waals surface area contributed by atoms with Crippen molar-refractivity contribution in [2.75, 3.05) is 24.6 Å². The molecule has 0 radical (unpaired) electrons. The fraction of sp³-hybridized carbons (Fsp3) is 0.391. The van der Waals surface area contributed by atoms with Crippen molar-refractivity contribution in [2.24, 2.45) is 0 Å². The summed E-state index contributed by atoms with van der Waals surface area (Å²) in [4.78, 5) is 20.0. The van der Waals surface area contributed by atoms with E-state index in [9.17, 15) is 13.2 Å². The van der Waals surface area contributed by atoms with Gasteiger partial charge in [0.05, 0.1) is 18.8 Å². The van der Waals surface area contributed by atoms with Gasteiger partial charge in [-0.25, -0.2) is 9.97 Å². The van der Waals surface area contributed by atoms with E-state index in [-0.39, 0.29) is 18.9 Å². The molecule has 0 N–H and O–H groups in total. The maximum absolute atomic E-state index is 13.0. The summed E-state index contributed by atoms with van der Waals surface area (Å²) < 4.78 is 44.8. The number of fused-ring (bicyclic) bond motifs is 1. The highest BCUT2D eigenvalue weighted by Crippen LogP contribution is 2.30. The molecule has 0 spiro atoms. The maximum atomic E-state index is 13.0. The average Bonchev–Trinajstić information content (AvgIpc) is 2.76. The highest BCUT2D eigenvalue weighted by atomic mass is 19.4. The molecule has 0 amide bonds. The Hall–Kier alpha value is -3.07. The van der Waals surface area contributed by atoms with Gasteiger partial charge in [0.1, 0.15) is 6.10 Å². The average molecular weight is 443 g/mol. The zero-order chi connectivity index (χ0) is 22.9. The number of nitrogens with zero attached hydrogens (tertiary/aromatic N) is 5. The second-order valence-electron chi connectivity index (χ2n) is 7.93. The molecule has 1 aliphatic heterocycles. The van der Waals surface area contributed by atoms with Crippen LogP contribution in [0.3, 0.4) is 0 Å². The van der Waals surface area contributed by atoms with Crippen LogP contribution < -0.4 is 4.90 Å². The molecule has 168 valence electrons. The monoisotopic (exact) mass is 443 g/mol. The number of halogens is 3. The van der Waals surface area contributed by atoms with E-state index in [0.717, 1.165) is 17.0 Å². The molecular formula is C23H24F3N5O. The fourth-order valence-electron chi connectivity index (χ4n) is 3.70. The molecule has 0 aromatic carbocycles. The van der Waals surface area contributed by atoms with Gasteiger partial charge in [-0.2, -0.15) is 18.2 Å². The van der Waals surface area contributed by atoms with Gasteiger partial charge in [-0.1, -0.05) is 6.58 Å². The Morgan fingerprint density at radius 1 is 1.16 bits per heavy atom. The first-order valence-corrected chi connectivity index (χ1v) is 10.4. The van der Waals surface area contributed by atoms with Crippen molar-refractivity contribution >= 4 is 17.0 Å². The van der Waals surface area contributed by atoms with Crippen molar-refractivity contribution < 1.29 is 17.9 Å². The molecule has 6 nitrogen and oxygen atoms in total. The second-order valence-corrected chi connectivity index (χ2v) is 7.93. The highest BCUT2D eigenvalue weighted by molar-refractivity contribution is 5.78. The molecule has 1 fully saturated rings. The first-order chi connectivity index (χ1) is 15.2. The number of alkyl halides is 3. The zero-order valence-corrected chi connectivity index (χ0v) is 18.0. The number of anilines is 1. The number of allylic oxidation sites excluding steroid dienone is 1. The predicted molar refractivity (Wildman–Crippen MR) is 115 cm³/mol. The topological polar surface area (TPSA) is 64.0 Å². The van der Waals surface area contributed by atoms with Gasteiger partial charge in [0.15, 0.2) is 5.65 Å². The van der Waals surface area contributed by atoms with E-state index in [1.807, 2.05) is 43.0 Å². The summed E-state index contributed by atoms with van der Waals surface area (Å²) in [5.41, 5.74) is 2.93. The molecule has 0 bridgehead atoms. The standard InChI is InChI=1S/C23H24F3N5O/c1-14(23(24,25)26)4-7-19-18-6-5-15(2)28-21(18)30-22(29-19)31-10-11-32-20(13-31)17-8-9-27-16(3)12-17/h5-6,8-9,12,20H,1,4,7,10-11,13H2,2-3H3/t20-/m1/s1. The Labute approximate surface area is 184 Å². The van der Waals surface area contributed by atoms with Gasteiger partial charge < -0.3 is 9.64 Å². The van der Waals surface area contributed by atoms with Crippen LogP contribution >= 0.6 is 0 Å². The number of aryl methyl sites for hydroxylation is 3. The molecule has 3 aromatic rings. The number of morpholine rings is 1. The van der Waals surface area contributed by atoms with Crippen LogP contribution in [0.4, 0.5) is 19.1 Å². The Balaban J connectivity index is 1.65. The van der Waals surface area contributed by atoms with Gasteiger partial charge in [-0.3, -0.25) is 4.98 Å². The third kappa shape index (κ3) is 4.88. The number of rotatable bonds is 5. The zero-order valence-electron chi connectivity index (χ0n) is 18.0. The third-order valence-corrected chi connectivity index (χ3v) is 5.47. The van der Waals surface area contributed by atoms with Gasteiger partial charge in [-0.15, -0.1) is 0 Å². The van der Waals surface area contributed by atoms with Gasteiger partial charge in [0, 0.05) is 35.1 Å². The van der Waals surface area contributed by atoms with Crippen molar-refractivity contribution in [3.8, 4) is 0 Å². The summed E-state index contributed by atoms with van der Waals surface area (Å²) >= 11 is 0. The Kier molecular flexibility index (Phi) is 6.10. The van der Waals surface area contributed by atoms with E-state index >= 15 is 0 Å². The summed E-state index contributed by atoms with van der Waals surface area (Å²) in [5, 5.41) is 0.656. The molecule has 0 aliphatic carbocycles. The lowest BCUT2D eigenvalue weighted by atomic mass is 10.1. The molecule has 32 heavy (non-hydrogen) atoms. The first-order valence-electron chi connectivity index (χ1n) is 10.4. The van der Waals surface area contributed by atoms with Gasteiger partial charge in [-0.05, 0) is 56.5 Å². The normalized spacial score (nSPS) is 17.0. The van der Waals surface area contributed by atoms with Crippen molar-refractivity contribution in [2.45, 2.75) is 39.0 Å². The second kappa shape index (κ2) is 8.82. The summed E-state index contributed by atoms with van der Waals surface area (Å²) in [6.07, 6.45) is -2.97. The van der Waals surface area contributed by atoms with E-state index in [1.165, 1.54) is 0 Å². The third-order valence-electron chi connectivity index (χ3n) is 5.47.